The van der Waals surface area contributed by atoms with Gasteiger partial charge in [-0.3, -0.25) is 10.1 Å². The van der Waals surface area contributed by atoms with Crippen LogP contribution in [0.25, 0.3) is 0 Å². The van der Waals surface area contributed by atoms with Crippen molar-refractivity contribution < 1.29 is 4.92 Å². The van der Waals surface area contributed by atoms with Gasteiger partial charge in [0.2, 0.25) is 6.20 Å². The molecule has 0 spiro atoms. The van der Waals surface area contributed by atoms with E-state index in [4.69, 9.17) is 0 Å². The molecule has 0 aliphatic carbocycles. The predicted octanol–water partition coefficient (Wildman–Crippen LogP) is 1.89. The first-order valence-corrected chi connectivity index (χ1v) is 4.07. The molecular formula is C8H5NO2S. The summed E-state index contributed by atoms with van der Waals surface area (Å²) in [5.74, 6) is 5.30. The lowest BCUT2D eigenvalue weighted by atomic mass is 10.3. The summed E-state index contributed by atoms with van der Waals surface area (Å²) in [5.41, 5.74) is 0.882. The summed E-state index contributed by atoms with van der Waals surface area (Å²) in [5, 5.41) is 13.6. The number of allylic oxidation sites excluding steroid dienone is 1. The van der Waals surface area contributed by atoms with Crippen LogP contribution in [0.4, 0.5) is 0 Å². The second-order valence-electron chi connectivity index (χ2n) is 1.88. The van der Waals surface area contributed by atoms with Crippen LogP contribution in [0, 0.1) is 22.0 Å². The van der Waals surface area contributed by atoms with E-state index >= 15 is 0 Å². The molecule has 0 atom stereocenters. The Labute approximate surface area is 73.5 Å². The number of rotatable bonds is 1. The van der Waals surface area contributed by atoms with Gasteiger partial charge in [0, 0.05) is 10.9 Å². The van der Waals surface area contributed by atoms with Crippen molar-refractivity contribution in [1.29, 1.82) is 0 Å². The smallest absolute Gasteiger partial charge is 0.242 e. The monoisotopic (exact) mass is 179 g/mol. The summed E-state index contributed by atoms with van der Waals surface area (Å²) in [4.78, 5) is 9.27. The second-order valence-corrected chi connectivity index (χ2v) is 2.66. The van der Waals surface area contributed by atoms with Crippen LogP contribution in [0.15, 0.2) is 29.1 Å². The molecule has 4 heteroatoms. The standard InChI is InChI=1S/C8H5NO2S/c10-9(11)5-2-1-3-8-4-6-12-7-8/h2,4-7H/b5-2+. The first kappa shape index (κ1) is 8.50. The molecule has 1 rings (SSSR count). The van der Waals surface area contributed by atoms with E-state index in [9.17, 15) is 10.1 Å². The normalized spacial score (nSPS) is 9.33. The van der Waals surface area contributed by atoms with E-state index < -0.39 is 4.92 Å². The van der Waals surface area contributed by atoms with E-state index in [0.29, 0.717) is 0 Å². The molecule has 1 heterocycles. The molecule has 0 unspecified atom stereocenters. The molecule has 0 bridgehead atoms. The molecular weight excluding hydrogens is 174 g/mol. The molecule has 0 aliphatic rings. The number of hydrogen-bond donors (Lipinski definition) is 0. The zero-order valence-electron chi connectivity index (χ0n) is 6.06. The van der Waals surface area contributed by atoms with Crippen LogP contribution in [0.1, 0.15) is 5.56 Å². The number of nitro groups is 1. The third-order valence-electron chi connectivity index (χ3n) is 1.02. The maximum atomic E-state index is 9.81. The number of nitrogens with zero attached hydrogens (tertiary/aromatic N) is 1. The van der Waals surface area contributed by atoms with Gasteiger partial charge in [0.1, 0.15) is 0 Å². The molecule has 0 fully saturated rings. The van der Waals surface area contributed by atoms with E-state index in [-0.39, 0.29) is 0 Å². The van der Waals surface area contributed by atoms with Crippen molar-refractivity contribution in [1.82, 2.24) is 0 Å². The van der Waals surface area contributed by atoms with Gasteiger partial charge in [0.05, 0.1) is 11.0 Å². The fraction of sp³-hybridized carbons (Fsp3) is 0. The third kappa shape index (κ3) is 2.99. The maximum absolute atomic E-state index is 9.81. The summed E-state index contributed by atoms with van der Waals surface area (Å²) >= 11 is 1.54. The molecule has 1 aromatic heterocycles. The fourth-order valence-corrected chi connectivity index (χ4v) is 1.15. The first-order valence-electron chi connectivity index (χ1n) is 3.13. The van der Waals surface area contributed by atoms with E-state index in [1.807, 2.05) is 16.8 Å². The Morgan fingerprint density at radius 3 is 3.08 bits per heavy atom. The van der Waals surface area contributed by atoms with Gasteiger partial charge in [-0.05, 0) is 11.4 Å². The van der Waals surface area contributed by atoms with Crippen LogP contribution in [-0.2, 0) is 0 Å². The minimum Gasteiger partial charge on any atom is -0.259 e. The average molecular weight is 179 g/mol. The highest BCUT2D eigenvalue weighted by atomic mass is 32.1. The lowest BCUT2D eigenvalue weighted by Crippen LogP contribution is -1.80. The van der Waals surface area contributed by atoms with Gasteiger partial charge in [0.25, 0.3) is 0 Å². The summed E-state index contributed by atoms with van der Waals surface area (Å²) in [6, 6.07) is 1.86. The maximum Gasteiger partial charge on any atom is 0.242 e. The Balaban J connectivity index is 2.56. The van der Waals surface area contributed by atoms with Gasteiger partial charge in [-0.15, -0.1) is 0 Å². The molecule has 0 amide bonds. The molecule has 1 aromatic rings. The fourth-order valence-electron chi connectivity index (χ4n) is 0.559. The first-order chi connectivity index (χ1) is 5.79. The summed E-state index contributed by atoms with van der Waals surface area (Å²) < 4.78 is 0. The third-order valence-corrected chi connectivity index (χ3v) is 1.70. The molecule has 0 radical (unpaired) electrons. The molecule has 0 saturated heterocycles. The van der Waals surface area contributed by atoms with Crippen molar-refractivity contribution in [2.75, 3.05) is 0 Å². The molecule has 60 valence electrons. The minimum atomic E-state index is -0.539. The van der Waals surface area contributed by atoms with Crippen LogP contribution in [0.5, 0.6) is 0 Å². The molecule has 3 nitrogen and oxygen atoms in total. The van der Waals surface area contributed by atoms with Crippen LogP contribution in [0.2, 0.25) is 0 Å². The zero-order valence-corrected chi connectivity index (χ0v) is 6.88. The van der Waals surface area contributed by atoms with Gasteiger partial charge in [-0.2, -0.15) is 11.3 Å². The lowest BCUT2D eigenvalue weighted by molar-refractivity contribution is -0.402. The van der Waals surface area contributed by atoms with Crippen molar-refractivity contribution in [2.24, 2.45) is 0 Å². The van der Waals surface area contributed by atoms with Crippen molar-refractivity contribution in [3.8, 4) is 11.8 Å². The number of hydrogen-bond acceptors (Lipinski definition) is 3. The Bertz CT molecular complexity index is 343. The molecule has 12 heavy (non-hydrogen) atoms. The van der Waals surface area contributed by atoms with Gasteiger partial charge < -0.3 is 0 Å². The Morgan fingerprint density at radius 2 is 2.50 bits per heavy atom. The lowest BCUT2D eigenvalue weighted by Gasteiger charge is -1.73. The van der Waals surface area contributed by atoms with Crippen molar-refractivity contribution in [3.05, 3.63) is 44.8 Å². The van der Waals surface area contributed by atoms with Crippen LogP contribution in [0.3, 0.4) is 0 Å². The number of thiophene rings is 1. The van der Waals surface area contributed by atoms with Gasteiger partial charge in [0.15, 0.2) is 0 Å². The Morgan fingerprint density at radius 1 is 1.67 bits per heavy atom. The quantitative estimate of drug-likeness (QED) is 0.375. The highest BCUT2D eigenvalue weighted by Crippen LogP contribution is 2.02. The van der Waals surface area contributed by atoms with Crippen molar-refractivity contribution in [3.63, 3.8) is 0 Å². The van der Waals surface area contributed by atoms with Gasteiger partial charge in [-0.25, -0.2) is 0 Å². The Kier molecular flexibility index (Phi) is 3.05. The van der Waals surface area contributed by atoms with Crippen molar-refractivity contribution >= 4 is 11.3 Å². The molecule has 0 N–H and O–H groups in total. The highest BCUT2D eigenvalue weighted by molar-refractivity contribution is 7.08. The van der Waals surface area contributed by atoms with E-state index in [2.05, 4.69) is 11.8 Å². The van der Waals surface area contributed by atoms with Crippen LogP contribution < -0.4 is 0 Å². The largest absolute Gasteiger partial charge is 0.259 e. The van der Waals surface area contributed by atoms with Crippen LogP contribution >= 0.6 is 11.3 Å². The topological polar surface area (TPSA) is 43.1 Å². The van der Waals surface area contributed by atoms with E-state index in [0.717, 1.165) is 11.8 Å². The average Bonchev–Trinajstić information content (AvgIpc) is 2.49. The summed E-state index contributed by atoms with van der Waals surface area (Å²) in [6.07, 6.45) is 2.04. The van der Waals surface area contributed by atoms with Crippen molar-refractivity contribution in [2.45, 2.75) is 0 Å². The summed E-state index contributed by atoms with van der Waals surface area (Å²) in [7, 11) is 0. The molecule has 0 aliphatic heterocycles. The summed E-state index contributed by atoms with van der Waals surface area (Å²) in [6.45, 7) is 0. The predicted molar refractivity (Wildman–Crippen MR) is 47.3 cm³/mol. The molecule has 0 aromatic carbocycles. The van der Waals surface area contributed by atoms with Crippen LogP contribution in [-0.4, -0.2) is 4.92 Å². The zero-order chi connectivity index (χ0) is 8.81. The van der Waals surface area contributed by atoms with Gasteiger partial charge in [-0.1, -0.05) is 11.8 Å². The highest BCUT2D eigenvalue weighted by Gasteiger charge is 1.82. The van der Waals surface area contributed by atoms with E-state index in [1.165, 1.54) is 6.08 Å². The van der Waals surface area contributed by atoms with Gasteiger partial charge >= 0.3 is 0 Å². The van der Waals surface area contributed by atoms with E-state index in [1.54, 1.807) is 11.3 Å². The Hall–Kier alpha value is -1.60. The second kappa shape index (κ2) is 4.31. The minimum absolute atomic E-state index is 0.539. The molecule has 0 saturated carbocycles. The SMILES string of the molecule is O=[N+]([O-])/C=C/C#Cc1ccsc1.